The highest BCUT2D eigenvalue weighted by Crippen LogP contribution is 2.18. The minimum Gasteiger partial charge on any atom is -0.544 e. The summed E-state index contributed by atoms with van der Waals surface area (Å²) in [6, 6.07) is 3.69. The number of rotatable bonds is 2. The number of carboxylic acid groups (broad SMARTS) is 1. The molecule has 2 atom stereocenters. The molecule has 4 heteroatoms. The van der Waals surface area contributed by atoms with Crippen molar-refractivity contribution in [3.8, 4) is 0 Å². The summed E-state index contributed by atoms with van der Waals surface area (Å²) in [5.74, 6) is -0.962. The molecule has 2 rings (SSSR count). The lowest BCUT2D eigenvalue weighted by Crippen LogP contribution is -2.90. The maximum Gasteiger partial charge on any atom is 0.127 e. The molecule has 74 valence electrons. The van der Waals surface area contributed by atoms with Crippen LogP contribution in [0.5, 0.6) is 0 Å². The van der Waals surface area contributed by atoms with E-state index in [4.69, 9.17) is 0 Å². The highest BCUT2D eigenvalue weighted by Gasteiger charge is 2.29. The molecule has 0 amide bonds. The van der Waals surface area contributed by atoms with Gasteiger partial charge < -0.3 is 15.2 Å². The van der Waals surface area contributed by atoms with Crippen molar-refractivity contribution in [3.63, 3.8) is 0 Å². The van der Waals surface area contributed by atoms with E-state index in [9.17, 15) is 9.90 Å². The summed E-state index contributed by atoms with van der Waals surface area (Å²) >= 11 is 0. The number of carbonyl (C=O) groups is 1. The molecule has 1 fully saturated rings. The molecule has 0 aliphatic carbocycles. The largest absolute Gasteiger partial charge is 0.544 e. The number of pyridine rings is 1. The fourth-order valence-corrected chi connectivity index (χ4v) is 1.90. The van der Waals surface area contributed by atoms with Gasteiger partial charge in [-0.05, 0) is 6.07 Å². The fraction of sp³-hybridized carbons (Fsp3) is 0.400. The quantitative estimate of drug-likeness (QED) is 0.626. The molecule has 4 nitrogen and oxygen atoms in total. The van der Waals surface area contributed by atoms with Gasteiger partial charge in [0.05, 0.1) is 5.97 Å². The Hall–Kier alpha value is -1.42. The first-order valence-electron chi connectivity index (χ1n) is 4.73. The van der Waals surface area contributed by atoms with Crippen LogP contribution in [-0.2, 0) is 4.79 Å². The van der Waals surface area contributed by atoms with Crippen molar-refractivity contribution >= 4 is 5.97 Å². The summed E-state index contributed by atoms with van der Waals surface area (Å²) in [6.07, 6.45) is 5.07. The topological polar surface area (TPSA) is 69.6 Å². The van der Waals surface area contributed by atoms with E-state index in [1.54, 1.807) is 12.4 Å². The molecule has 14 heavy (non-hydrogen) atoms. The molecule has 0 unspecified atom stereocenters. The minimum atomic E-state index is -0.962. The molecule has 1 saturated heterocycles. The van der Waals surface area contributed by atoms with E-state index in [-0.39, 0.29) is 12.1 Å². The average Bonchev–Trinajstić information content (AvgIpc) is 2.68. The Bertz CT molecular complexity index is 326. The third kappa shape index (κ3) is 1.75. The van der Waals surface area contributed by atoms with E-state index < -0.39 is 5.97 Å². The van der Waals surface area contributed by atoms with Gasteiger partial charge in [-0.3, -0.25) is 4.98 Å². The predicted molar refractivity (Wildman–Crippen MR) is 46.9 cm³/mol. The van der Waals surface area contributed by atoms with Crippen molar-refractivity contribution in [1.29, 1.82) is 0 Å². The van der Waals surface area contributed by atoms with E-state index in [1.165, 1.54) is 0 Å². The normalized spacial score (nSPS) is 26.3. The third-order valence-electron chi connectivity index (χ3n) is 2.67. The van der Waals surface area contributed by atoms with Crippen LogP contribution < -0.4 is 10.4 Å². The smallest absolute Gasteiger partial charge is 0.127 e. The van der Waals surface area contributed by atoms with Crippen molar-refractivity contribution < 1.29 is 15.2 Å². The van der Waals surface area contributed by atoms with Crippen LogP contribution in [-0.4, -0.2) is 17.0 Å². The van der Waals surface area contributed by atoms with E-state index in [0.29, 0.717) is 6.42 Å². The molecule has 1 aliphatic rings. The van der Waals surface area contributed by atoms with Crippen LogP contribution in [0.2, 0.25) is 0 Å². The minimum absolute atomic E-state index is 0.228. The molecule has 2 heterocycles. The van der Waals surface area contributed by atoms with Gasteiger partial charge >= 0.3 is 0 Å². The van der Waals surface area contributed by atoms with Gasteiger partial charge in [-0.25, -0.2) is 0 Å². The second kappa shape index (κ2) is 3.75. The number of carboxylic acids is 1. The highest BCUT2D eigenvalue weighted by molar-refractivity contribution is 5.69. The Morgan fingerprint density at radius 1 is 1.57 bits per heavy atom. The van der Waals surface area contributed by atoms with Crippen LogP contribution >= 0.6 is 0 Å². The van der Waals surface area contributed by atoms with E-state index >= 15 is 0 Å². The molecule has 2 N–H and O–H groups in total. The number of nitrogens with two attached hydrogens (primary N) is 1. The first-order valence-corrected chi connectivity index (χ1v) is 4.73. The molecule has 1 aromatic heterocycles. The SMILES string of the molecule is O=C([O-])[C@H]1CC[C@@H](c2cccnc2)[NH2+]1. The number of aromatic nitrogens is 1. The lowest BCUT2D eigenvalue weighted by molar-refractivity contribution is -0.701. The van der Waals surface area contributed by atoms with Gasteiger partial charge in [0.1, 0.15) is 12.1 Å². The number of hydrogen-bond acceptors (Lipinski definition) is 3. The lowest BCUT2D eigenvalue weighted by atomic mass is 10.1. The first-order chi connectivity index (χ1) is 6.77. The van der Waals surface area contributed by atoms with Gasteiger partial charge in [-0.2, -0.15) is 0 Å². The summed E-state index contributed by atoms with van der Waals surface area (Å²) < 4.78 is 0. The maximum absolute atomic E-state index is 10.6. The van der Waals surface area contributed by atoms with Gasteiger partial charge in [0.25, 0.3) is 0 Å². The second-order valence-corrected chi connectivity index (χ2v) is 3.59. The predicted octanol–water partition coefficient (Wildman–Crippen LogP) is -1.40. The van der Waals surface area contributed by atoms with E-state index in [0.717, 1.165) is 12.0 Å². The van der Waals surface area contributed by atoms with Crippen molar-refractivity contribution in [2.75, 3.05) is 0 Å². The summed E-state index contributed by atoms with van der Waals surface area (Å²) in [5.41, 5.74) is 1.09. The molecule has 0 radical (unpaired) electrons. The maximum atomic E-state index is 10.6. The molecule has 1 aromatic rings. The van der Waals surface area contributed by atoms with Gasteiger partial charge in [-0.1, -0.05) is 6.07 Å². The first kappa shape index (κ1) is 9.15. The standard InChI is InChI=1S/C10H12N2O2/c13-10(14)9-4-3-8(12-9)7-2-1-5-11-6-7/h1-2,5-6,8-9,12H,3-4H2,(H,13,14)/t8-,9+/m0/s1. The van der Waals surface area contributed by atoms with Crippen molar-refractivity contribution in [2.45, 2.75) is 24.9 Å². The molecule has 1 aliphatic heterocycles. The van der Waals surface area contributed by atoms with Crippen LogP contribution in [0.3, 0.4) is 0 Å². The summed E-state index contributed by atoms with van der Waals surface area (Å²) in [4.78, 5) is 14.6. The Balaban J connectivity index is 2.06. The third-order valence-corrected chi connectivity index (χ3v) is 2.67. The Labute approximate surface area is 82.0 Å². The van der Waals surface area contributed by atoms with Crippen molar-refractivity contribution in [1.82, 2.24) is 4.98 Å². The van der Waals surface area contributed by atoms with Crippen molar-refractivity contribution in [2.24, 2.45) is 0 Å². The molecule has 0 spiro atoms. The summed E-state index contributed by atoms with van der Waals surface area (Å²) in [5, 5.41) is 12.5. The Kier molecular flexibility index (Phi) is 2.45. The van der Waals surface area contributed by atoms with E-state index in [1.807, 2.05) is 17.4 Å². The van der Waals surface area contributed by atoms with E-state index in [2.05, 4.69) is 4.98 Å². The summed E-state index contributed by atoms with van der Waals surface area (Å²) in [6.45, 7) is 0. The van der Waals surface area contributed by atoms with Crippen molar-refractivity contribution in [3.05, 3.63) is 30.1 Å². The van der Waals surface area contributed by atoms with Gasteiger partial charge in [-0.15, -0.1) is 0 Å². The molecular weight excluding hydrogens is 180 g/mol. The van der Waals surface area contributed by atoms with Crippen LogP contribution in [0, 0.1) is 0 Å². The zero-order valence-electron chi connectivity index (χ0n) is 7.72. The zero-order chi connectivity index (χ0) is 9.97. The van der Waals surface area contributed by atoms with Crippen LogP contribution in [0.15, 0.2) is 24.5 Å². The highest BCUT2D eigenvalue weighted by atomic mass is 16.4. The van der Waals surface area contributed by atoms with Crippen LogP contribution in [0.1, 0.15) is 24.4 Å². The number of quaternary nitrogens is 1. The monoisotopic (exact) mass is 192 g/mol. The molecule has 0 aromatic carbocycles. The average molecular weight is 192 g/mol. The second-order valence-electron chi connectivity index (χ2n) is 3.59. The number of hydrogen-bond donors (Lipinski definition) is 1. The number of aliphatic carboxylic acids is 1. The van der Waals surface area contributed by atoms with Gasteiger partial charge in [0.2, 0.25) is 0 Å². The van der Waals surface area contributed by atoms with Gasteiger partial charge in [0.15, 0.2) is 0 Å². The molecule has 0 bridgehead atoms. The fourth-order valence-electron chi connectivity index (χ4n) is 1.90. The van der Waals surface area contributed by atoms with Gasteiger partial charge in [0, 0.05) is 30.8 Å². The number of nitrogens with zero attached hydrogens (tertiary/aromatic N) is 1. The Morgan fingerprint density at radius 2 is 2.43 bits per heavy atom. The molecule has 0 saturated carbocycles. The van der Waals surface area contributed by atoms with Crippen LogP contribution in [0.4, 0.5) is 0 Å². The number of carbonyl (C=O) groups excluding carboxylic acids is 1. The van der Waals surface area contributed by atoms with Crippen LogP contribution in [0.25, 0.3) is 0 Å². The Morgan fingerprint density at radius 3 is 3.00 bits per heavy atom. The summed E-state index contributed by atoms with van der Waals surface area (Å²) in [7, 11) is 0. The lowest BCUT2D eigenvalue weighted by Gasteiger charge is -2.11. The zero-order valence-corrected chi connectivity index (χ0v) is 7.72. The molecular formula is C10H12N2O2.